The van der Waals surface area contributed by atoms with Crippen LogP contribution in [0.1, 0.15) is 12.8 Å². The Balaban J connectivity index is 1.82. The number of carbonyl (C=O) groups is 1. The van der Waals surface area contributed by atoms with Crippen molar-refractivity contribution >= 4 is 23.2 Å². The first-order valence-corrected chi connectivity index (χ1v) is 5.91. The lowest BCUT2D eigenvalue weighted by atomic mass is 10.3. The average Bonchev–Trinajstić information content (AvgIpc) is 2.81. The molecule has 1 aliphatic heterocycles. The number of hydrogen-bond donors (Lipinski definition) is 1. The van der Waals surface area contributed by atoms with Crippen LogP contribution in [0.25, 0.3) is 0 Å². The van der Waals surface area contributed by atoms with Crippen molar-refractivity contribution in [2.45, 2.75) is 12.8 Å². The molecule has 86 valence electrons. The molecule has 0 aromatic heterocycles. The molecule has 1 saturated heterocycles. The third-order valence-corrected chi connectivity index (χ3v) is 3.00. The van der Waals surface area contributed by atoms with Crippen molar-refractivity contribution in [2.24, 2.45) is 0 Å². The molecule has 16 heavy (non-hydrogen) atoms. The Morgan fingerprint density at radius 2 is 1.88 bits per heavy atom. The molecular weight excluding hydrogens is 224 g/mol. The maximum atomic E-state index is 11.7. The summed E-state index contributed by atoms with van der Waals surface area (Å²) in [5.74, 6) is 0.174. The van der Waals surface area contributed by atoms with E-state index in [9.17, 15) is 4.79 Å². The zero-order chi connectivity index (χ0) is 11.4. The van der Waals surface area contributed by atoms with E-state index < -0.39 is 0 Å². The molecule has 0 saturated carbocycles. The van der Waals surface area contributed by atoms with Gasteiger partial charge in [-0.25, -0.2) is 0 Å². The van der Waals surface area contributed by atoms with Gasteiger partial charge in [0.2, 0.25) is 5.91 Å². The fourth-order valence-corrected chi connectivity index (χ4v) is 1.95. The summed E-state index contributed by atoms with van der Waals surface area (Å²) in [6, 6.07) is 7.37. The van der Waals surface area contributed by atoms with Crippen LogP contribution in [0.3, 0.4) is 0 Å². The Bertz CT molecular complexity index is 358. The van der Waals surface area contributed by atoms with Gasteiger partial charge in [0.15, 0.2) is 0 Å². The maximum Gasteiger partial charge on any atom is 0.241 e. The van der Waals surface area contributed by atoms with E-state index in [1.165, 1.54) is 0 Å². The van der Waals surface area contributed by atoms with Crippen LogP contribution in [0.15, 0.2) is 24.3 Å². The van der Waals surface area contributed by atoms with Crippen LogP contribution >= 0.6 is 11.6 Å². The van der Waals surface area contributed by atoms with Crippen LogP contribution in [0.5, 0.6) is 0 Å². The highest BCUT2D eigenvalue weighted by atomic mass is 35.5. The highest BCUT2D eigenvalue weighted by Crippen LogP contribution is 2.13. The first-order chi connectivity index (χ1) is 7.75. The lowest BCUT2D eigenvalue weighted by molar-refractivity contribution is -0.128. The summed E-state index contributed by atoms with van der Waals surface area (Å²) in [7, 11) is 0. The topological polar surface area (TPSA) is 32.3 Å². The molecule has 4 heteroatoms. The van der Waals surface area contributed by atoms with Crippen LogP contribution in [0.2, 0.25) is 5.02 Å². The van der Waals surface area contributed by atoms with Crippen molar-refractivity contribution in [1.82, 2.24) is 4.90 Å². The summed E-state index contributed by atoms with van der Waals surface area (Å²) in [5.41, 5.74) is 0.928. The summed E-state index contributed by atoms with van der Waals surface area (Å²) in [6.45, 7) is 2.17. The number of anilines is 1. The number of hydrogen-bond acceptors (Lipinski definition) is 2. The van der Waals surface area contributed by atoms with Crippen molar-refractivity contribution < 1.29 is 4.79 Å². The second kappa shape index (κ2) is 5.21. The molecule has 0 atom stereocenters. The molecule has 1 aliphatic rings. The van der Waals surface area contributed by atoms with Gasteiger partial charge in [-0.15, -0.1) is 0 Å². The van der Waals surface area contributed by atoms with Crippen molar-refractivity contribution in [2.75, 3.05) is 25.0 Å². The van der Waals surface area contributed by atoms with Crippen molar-refractivity contribution in [3.63, 3.8) is 0 Å². The summed E-state index contributed by atoms with van der Waals surface area (Å²) < 4.78 is 0. The molecule has 0 unspecified atom stereocenters. The van der Waals surface area contributed by atoms with Crippen LogP contribution < -0.4 is 5.32 Å². The number of nitrogens with one attached hydrogen (secondary N) is 1. The molecule has 0 spiro atoms. The number of nitrogens with zero attached hydrogens (tertiary/aromatic N) is 1. The van der Waals surface area contributed by atoms with Gasteiger partial charge in [0.25, 0.3) is 0 Å². The van der Waals surface area contributed by atoms with Gasteiger partial charge in [0.1, 0.15) is 0 Å². The van der Waals surface area contributed by atoms with Gasteiger partial charge in [-0.2, -0.15) is 0 Å². The normalized spacial score (nSPS) is 15.2. The number of rotatable bonds is 3. The molecule has 1 amide bonds. The first-order valence-electron chi connectivity index (χ1n) is 5.53. The van der Waals surface area contributed by atoms with Gasteiger partial charge in [-0.3, -0.25) is 4.79 Å². The molecule has 1 fully saturated rings. The maximum absolute atomic E-state index is 11.7. The fourth-order valence-electron chi connectivity index (χ4n) is 1.82. The van der Waals surface area contributed by atoms with Crippen LogP contribution in [0, 0.1) is 0 Å². The van der Waals surface area contributed by atoms with Gasteiger partial charge in [-0.1, -0.05) is 11.6 Å². The standard InChI is InChI=1S/C12H15ClN2O/c13-10-3-5-11(6-4-10)14-9-12(16)15-7-1-2-8-15/h3-6,14H,1-2,7-9H2. The van der Waals surface area contributed by atoms with Gasteiger partial charge >= 0.3 is 0 Å². The Morgan fingerprint density at radius 1 is 1.25 bits per heavy atom. The minimum atomic E-state index is 0.174. The van der Waals surface area contributed by atoms with E-state index in [-0.39, 0.29) is 5.91 Å². The molecular formula is C12H15ClN2O. The minimum absolute atomic E-state index is 0.174. The predicted octanol–water partition coefficient (Wildman–Crippen LogP) is 2.37. The molecule has 1 heterocycles. The predicted molar refractivity (Wildman–Crippen MR) is 65.8 cm³/mol. The van der Waals surface area contributed by atoms with E-state index in [1.54, 1.807) is 0 Å². The lowest BCUT2D eigenvalue weighted by Gasteiger charge is -2.15. The monoisotopic (exact) mass is 238 g/mol. The van der Waals surface area contributed by atoms with E-state index in [4.69, 9.17) is 11.6 Å². The molecule has 3 nitrogen and oxygen atoms in total. The lowest BCUT2D eigenvalue weighted by Crippen LogP contribution is -2.32. The molecule has 0 bridgehead atoms. The van der Waals surface area contributed by atoms with Gasteiger partial charge in [-0.05, 0) is 37.1 Å². The van der Waals surface area contributed by atoms with E-state index in [0.29, 0.717) is 11.6 Å². The molecule has 1 aromatic rings. The molecule has 1 N–H and O–H groups in total. The third kappa shape index (κ3) is 2.89. The smallest absolute Gasteiger partial charge is 0.241 e. The zero-order valence-corrected chi connectivity index (χ0v) is 9.83. The second-order valence-electron chi connectivity index (χ2n) is 3.95. The van der Waals surface area contributed by atoms with Crippen LogP contribution in [-0.2, 0) is 4.79 Å². The Hall–Kier alpha value is -1.22. The highest BCUT2D eigenvalue weighted by molar-refractivity contribution is 6.30. The average molecular weight is 239 g/mol. The highest BCUT2D eigenvalue weighted by Gasteiger charge is 2.16. The van der Waals surface area contributed by atoms with Gasteiger partial charge < -0.3 is 10.2 Å². The molecule has 1 aromatic carbocycles. The summed E-state index contributed by atoms with van der Waals surface area (Å²) in [6.07, 6.45) is 2.26. The summed E-state index contributed by atoms with van der Waals surface area (Å²) in [5, 5.41) is 3.80. The fraction of sp³-hybridized carbons (Fsp3) is 0.417. The number of carbonyl (C=O) groups excluding carboxylic acids is 1. The molecule has 0 radical (unpaired) electrons. The Kier molecular flexibility index (Phi) is 3.67. The first kappa shape index (κ1) is 11.3. The van der Waals surface area contributed by atoms with E-state index in [0.717, 1.165) is 31.6 Å². The van der Waals surface area contributed by atoms with Crippen molar-refractivity contribution in [3.05, 3.63) is 29.3 Å². The van der Waals surface area contributed by atoms with Gasteiger partial charge in [0.05, 0.1) is 6.54 Å². The van der Waals surface area contributed by atoms with Crippen LogP contribution in [-0.4, -0.2) is 30.4 Å². The zero-order valence-electron chi connectivity index (χ0n) is 9.08. The number of benzene rings is 1. The Labute approximate surface area is 100 Å². The number of likely N-dealkylation sites (tertiary alicyclic amines) is 1. The summed E-state index contributed by atoms with van der Waals surface area (Å²) >= 11 is 5.78. The van der Waals surface area contributed by atoms with Gasteiger partial charge in [0, 0.05) is 23.8 Å². The molecule has 2 rings (SSSR count). The van der Waals surface area contributed by atoms with E-state index in [1.807, 2.05) is 29.2 Å². The van der Waals surface area contributed by atoms with E-state index in [2.05, 4.69) is 5.32 Å². The third-order valence-electron chi connectivity index (χ3n) is 2.75. The van der Waals surface area contributed by atoms with Crippen molar-refractivity contribution in [1.29, 1.82) is 0 Å². The van der Waals surface area contributed by atoms with E-state index >= 15 is 0 Å². The van der Waals surface area contributed by atoms with Crippen LogP contribution in [0.4, 0.5) is 5.69 Å². The second-order valence-corrected chi connectivity index (χ2v) is 4.38. The minimum Gasteiger partial charge on any atom is -0.376 e. The number of amides is 1. The quantitative estimate of drug-likeness (QED) is 0.877. The Morgan fingerprint density at radius 3 is 2.50 bits per heavy atom. The SMILES string of the molecule is O=C(CNc1ccc(Cl)cc1)N1CCCC1. The summed E-state index contributed by atoms with van der Waals surface area (Å²) in [4.78, 5) is 13.6. The van der Waals surface area contributed by atoms with Crippen molar-refractivity contribution in [3.8, 4) is 0 Å². The number of halogens is 1. The largest absolute Gasteiger partial charge is 0.376 e. The molecule has 0 aliphatic carbocycles.